The third-order valence-corrected chi connectivity index (χ3v) is 4.46. The van der Waals surface area contributed by atoms with Crippen LogP contribution >= 0.6 is 11.8 Å². The number of hydrogen-bond donors (Lipinski definition) is 0. The van der Waals surface area contributed by atoms with E-state index in [-0.39, 0.29) is 0 Å². The van der Waals surface area contributed by atoms with Crippen molar-refractivity contribution >= 4 is 11.8 Å². The van der Waals surface area contributed by atoms with Gasteiger partial charge in [-0.1, -0.05) is 24.3 Å². The molecular weight excluding hydrogens is 168 g/mol. The van der Waals surface area contributed by atoms with E-state index in [0.717, 1.165) is 10.5 Å². The molecule has 3 heterocycles. The minimum Gasteiger partial charge on any atom is -0.363 e. The number of rotatable bonds is 0. The Morgan fingerprint density at radius 2 is 1.58 bits per heavy atom. The van der Waals surface area contributed by atoms with Crippen molar-refractivity contribution in [1.29, 1.82) is 0 Å². The molecule has 0 spiro atoms. The van der Waals surface area contributed by atoms with Crippen LogP contribution in [-0.2, 0) is 4.74 Å². The molecule has 2 heteroatoms. The predicted octanol–water partition coefficient (Wildman–Crippen LogP) is 2.30. The fourth-order valence-corrected chi connectivity index (χ4v) is 3.73. The van der Waals surface area contributed by atoms with Gasteiger partial charge in [-0.15, -0.1) is 11.8 Å². The van der Waals surface area contributed by atoms with Gasteiger partial charge < -0.3 is 4.74 Å². The first kappa shape index (κ1) is 6.06. The van der Waals surface area contributed by atoms with Crippen molar-refractivity contribution < 1.29 is 4.74 Å². The lowest BCUT2D eigenvalue weighted by Gasteiger charge is -2.07. The molecule has 2 fully saturated rings. The molecule has 0 radical (unpaired) electrons. The summed E-state index contributed by atoms with van der Waals surface area (Å²) in [5, 5.41) is 1.59. The molecule has 0 saturated carbocycles. The number of fused-ring (bicyclic) bond motifs is 8. The Hall–Kier alpha value is -0.470. The van der Waals surface area contributed by atoms with Crippen molar-refractivity contribution in [2.75, 3.05) is 0 Å². The summed E-state index contributed by atoms with van der Waals surface area (Å²) in [5.74, 6) is 0. The molecule has 2 bridgehead atoms. The summed E-state index contributed by atoms with van der Waals surface area (Å²) in [4.78, 5) is 0. The van der Waals surface area contributed by atoms with E-state index in [0.29, 0.717) is 12.2 Å². The largest absolute Gasteiger partial charge is 0.363 e. The second-order valence-electron chi connectivity index (χ2n) is 3.67. The van der Waals surface area contributed by atoms with E-state index in [4.69, 9.17) is 4.74 Å². The van der Waals surface area contributed by atoms with E-state index < -0.39 is 0 Å². The normalized spacial score (nSPS) is 45.7. The number of thioether (sulfide) groups is 1. The molecule has 1 aromatic carbocycles. The molecule has 0 aromatic heterocycles. The molecule has 3 aliphatic heterocycles. The lowest BCUT2D eigenvalue weighted by Crippen LogP contribution is -2.06. The predicted molar refractivity (Wildman–Crippen MR) is 48.2 cm³/mol. The first-order valence-corrected chi connectivity index (χ1v) is 5.29. The molecule has 12 heavy (non-hydrogen) atoms. The van der Waals surface area contributed by atoms with E-state index in [1.54, 1.807) is 0 Å². The van der Waals surface area contributed by atoms with Crippen LogP contribution in [0.2, 0.25) is 0 Å². The SMILES string of the molecule is c1ccc2c(c1)C1OC2[C@@H]2S[C@H]12. The van der Waals surface area contributed by atoms with Crippen LogP contribution < -0.4 is 0 Å². The molecule has 60 valence electrons. The third kappa shape index (κ3) is 0.520. The highest BCUT2D eigenvalue weighted by atomic mass is 32.2. The van der Waals surface area contributed by atoms with E-state index in [2.05, 4.69) is 36.0 Å². The van der Waals surface area contributed by atoms with Crippen molar-refractivity contribution in [2.45, 2.75) is 22.7 Å². The van der Waals surface area contributed by atoms with Crippen LogP contribution in [0.4, 0.5) is 0 Å². The van der Waals surface area contributed by atoms with Gasteiger partial charge in [-0.25, -0.2) is 0 Å². The lowest BCUT2D eigenvalue weighted by atomic mass is 9.92. The van der Waals surface area contributed by atoms with Gasteiger partial charge in [-0.05, 0) is 11.1 Å². The average molecular weight is 176 g/mol. The fourth-order valence-electron chi connectivity index (χ4n) is 2.47. The summed E-state index contributed by atoms with van der Waals surface area (Å²) in [6.45, 7) is 0. The Morgan fingerprint density at radius 3 is 2.17 bits per heavy atom. The van der Waals surface area contributed by atoms with Crippen molar-refractivity contribution in [2.24, 2.45) is 0 Å². The Labute approximate surface area is 75.1 Å². The summed E-state index contributed by atoms with van der Waals surface area (Å²) >= 11 is 2.09. The first-order valence-electron chi connectivity index (χ1n) is 4.35. The number of benzene rings is 1. The van der Waals surface area contributed by atoms with E-state index in [1.807, 2.05) is 0 Å². The number of hydrogen-bond acceptors (Lipinski definition) is 2. The summed E-state index contributed by atoms with van der Waals surface area (Å²) in [5.41, 5.74) is 2.91. The van der Waals surface area contributed by atoms with Gasteiger partial charge in [0.25, 0.3) is 0 Å². The highest BCUT2D eigenvalue weighted by Crippen LogP contribution is 2.68. The van der Waals surface area contributed by atoms with Crippen LogP contribution in [0.15, 0.2) is 24.3 Å². The zero-order chi connectivity index (χ0) is 7.71. The molecular formula is C10H8OS. The van der Waals surface area contributed by atoms with Crippen LogP contribution in [0.3, 0.4) is 0 Å². The van der Waals surface area contributed by atoms with Crippen molar-refractivity contribution in [3.05, 3.63) is 35.4 Å². The summed E-state index contributed by atoms with van der Waals surface area (Å²) in [6.07, 6.45) is 0.863. The van der Waals surface area contributed by atoms with Crippen molar-refractivity contribution in [1.82, 2.24) is 0 Å². The van der Waals surface area contributed by atoms with Gasteiger partial charge in [0.2, 0.25) is 0 Å². The van der Waals surface area contributed by atoms with Crippen LogP contribution in [0.25, 0.3) is 0 Å². The smallest absolute Gasteiger partial charge is 0.0968 e. The Morgan fingerprint density at radius 1 is 1.00 bits per heavy atom. The molecule has 1 aromatic rings. The molecule has 3 aliphatic rings. The zero-order valence-corrected chi connectivity index (χ0v) is 7.25. The number of ether oxygens (including phenoxy) is 1. The molecule has 1 nitrogen and oxygen atoms in total. The van der Waals surface area contributed by atoms with Crippen molar-refractivity contribution in [3.8, 4) is 0 Å². The van der Waals surface area contributed by atoms with Gasteiger partial charge in [0.1, 0.15) is 0 Å². The summed E-state index contributed by atoms with van der Waals surface area (Å²) in [6, 6.07) is 8.67. The zero-order valence-electron chi connectivity index (χ0n) is 6.44. The molecule has 2 unspecified atom stereocenters. The van der Waals surface area contributed by atoms with Crippen LogP contribution in [-0.4, -0.2) is 10.5 Å². The van der Waals surface area contributed by atoms with Gasteiger partial charge in [0, 0.05) is 0 Å². The van der Waals surface area contributed by atoms with Gasteiger partial charge in [-0.2, -0.15) is 0 Å². The highest BCUT2D eigenvalue weighted by Gasteiger charge is 2.62. The van der Waals surface area contributed by atoms with E-state index in [1.165, 1.54) is 11.1 Å². The van der Waals surface area contributed by atoms with E-state index in [9.17, 15) is 0 Å². The topological polar surface area (TPSA) is 9.23 Å². The minimum absolute atomic E-state index is 0.432. The second kappa shape index (κ2) is 1.73. The fraction of sp³-hybridized carbons (Fsp3) is 0.400. The van der Waals surface area contributed by atoms with Gasteiger partial charge in [0.05, 0.1) is 22.7 Å². The first-order chi connectivity index (χ1) is 5.95. The maximum absolute atomic E-state index is 5.88. The molecule has 0 amide bonds. The highest BCUT2D eigenvalue weighted by molar-refractivity contribution is 8.07. The monoisotopic (exact) mass is 176 g/mol. The summed E-state index contributed by atoms with van der Waals surface area (Å²) < 4.78 is 5.88. The Balaban J connectivity index is 2.01. The van der Waals surface area contributed by atoms with Crippen LogP contribution in [0.1, 0.15) is 23.3 Å². The van der Waals surface area contributed by atoms with Crippen molar-refractivity contribution in [3.63, 3.8) is 0 Å². The lowest BCUT2D eigenvalue weighted by molar-refractivity contribution is 0.0706. The average Bonchev–Trinajstić information content (AvgIpc) is 2.74. The minimum atomic E-state index is 0.432. The van der Waals surface area contributed by atoms with Crippen LogP contribution in [0, 0.1) is 0 Å². The molecule has 4 rings (SSSR count). The molecule has 2 saturated heterocycles. The standard InChI is InChI=1S/C10H8OS/c1-2-4-6-5(3-1)7-9-10(12-9)8(6)11-7/h1-4,7-10H/t7?,8?,9-,10+. The Bertz CT molecular complexity index is 330. The van der Waals surface area contributed by atoms with E-state index >= 15 is 0 Å². The summed E-state index contributed by atoms with van der Waals surface area (Å²) in [7, 11) is 0. The third-order valence-electron chi connectivity index (χ3n) is 3.06. The van der Waals surface area contributed by atoms with Gasteiger partial charge >= 0.3 is 0 Å². The van der Waals surface area contributed by atoms with Gasteiger partial charge in [-0.3, -0.25) is 0 Å². The van der Waals surface area contributed by atoms with Crippen LogP contribution in [0.5, 0.6) is 0 Å². The Kier molecular flexibility index (Phi) is 0.872. The molecule has 4 atom stereocenters. The molecule has 0 aliphatic carbocycles. The quantitative estimate of drug-likeness (QED) is 0.561. The molecule has 0 N–H and O–H groups in total. The second-order valence-corrected chi connectivity index (χ2v) is 5.03. The van der Waals surface area contributed by atoms with Gasteiger partial charge in [0.15, 0.2) is 0 Å². The maximum atomic E-state index is 5.88. The maximum Gasteiger partial charge on any atom is 0.0968 e.